The van der Waals surface area contributed by atoms with E-state index < -0.39 is 8.32 Å². The summed E-state index contributed by atoms with van der Waals surface area (Å²) in [7, 11) is -0.274. The standard InChI is InChI=1S/C28H38ClNO3Si/c1-28(2,3)34(5,6)33-26-12-9-21(18-24(26)29)23(17-19-13-15-32-16-14-19)25-11-10-22(20-7-8-20)27(30-25)31-4/h9-12,17-20H,7-8,13-16H2,1-6H3/b23-17-. The second-order valence-corrected chi connectivity index (χ2v) is 16.2. The van der Waals surface area contributed by atoms with E-state index in [0.717, 1.165) is 54.5 Å². The highest BCUT2D eigenvalue weighted by Crippen LogP contribution is 2.45. The maximum Gasteiger partial charge on any atom is 0.250 e. The van der Waals surface area contributed by atoms with Gasteiger partial charge < -0.3 is 13.9 Å². The quantitative estimate of drug-likeness (QED) is 0.363. The van der Waals surface area contributed by atoms with Gasteiger partial charge in [-0.2, -0.15) is 0 Å². The van der Waals surface area contributed by atoms with Crippen LogP contribution in [0.15, 0.2) is 36.4 Å². The van der Waals surface area contributed by atoms with Crippen molar-refractivity contribution in [3.05, 3.63) is 58.3 Å². The molecule has 0 amide bonds. The van der Waals surface area contributed by atoms with Crippen LogP contribution in [-0.4, -0.2) is 33.6 Å². The Morgan fingerprint density at radius 3 is 2.38 bits per heavy atom. The van der Waals surface area contributed by atoms with E-state index in [1.165, 1.54) is 18.4 Å². The number of hydrogen-bond acceptors (Lipinski definition) is 4. The molecule has 0 radical (unpaired) electrons. The lowest BCUT2D eigenvalue weighted by Crippen LogP contribution is -2.43. The predicted octanol–water partition coefficient (Wildman–Crippen LogP) is 7.86. The van der Waals surface area contributed by atoms with Crippen molar-refractivity contribution in [2.45, 2.75) is 70.5 Å². The molecule has 4 nitrogen and oxygen atoms in total. The highest BCUT2D eigenvalue weighted by atomic mass is 35.5. The molecule has 1 aromatic heterocycles. The summed E-state index contributed by atoms with van der Waals surface area (Å²) >= 11 is 6.80. The summed E-state index contributed by atoms with van der Waals surface area (Å²) in [4.78, 5) is 4.95. The molecule has 2 heterocycles. The van der Waals surface area contributed by atoms with Gasteiger partial charge in [0.1, 0.15) is 5.75 Å². The van der Waals surface area contributed by atoms with Gasteiger partial charge in [0.2, 0.25) is 5.88 Å². The van der Waals surface area contributed by atoms with Gasteiger partial charge in [-0.05, 0) is 79.4 Å². The molecule has 2 fully saturated rings. The van der Waals surface area contributed by atoms with Crippen molar-refractivity contribution in [2.24, 2.45) is 5.92 Å². The Balaban J connectivity index is 1.71. The second kappa shape index (κ2) is 10.0. The number of rotatable bonds is 7. The number of benzene rings is 1. The Hall–Kier alpha value is -1.82. The molecule has 34 heavy (non-hydrogen) atoms. The summed E-state index contributed by atoms with van der Waals surface area (Å²) in [6.45, 7) is 12.8. The van der Waals surface area contributed by atoms with Gasteiger partial charge in [-0.25, -0.2) is 4.98 Å². The van der Waals surface area contributed by atoms with E-state index in [4.69, 9.17) is 30.5 Å². The largest absolute Gasteiger partial charge is 0.543 e. The lowest BCUT2D eigenvalue weighted by molar-refractivity contribution is 0.0786. The molecular formula is C28H38ClNO3Si. The van der Waals surface area contributed by atoms with Crippen LogP contribution in [0.2, 0.25) is 23.2 Å². The van der Waals surface area contributed by atoms with Crippen LogP contribution in [-0.2, 0) is 4.74 Å². The zero-order chi connectivity index (χ0) is 24.5. The zero-order valence-electron chi connectivity index (χ0n) is 21.4. The van der Waals surface area contributed by atoms with Crippen molar-refractivity contribution < 1.29 is 13.9 Å². The van der Waals surface area contributed by atoms with Crippen LogP contribution >= 0.6 is 11.6 Å². The van der Waals surface area contributed by atoms with Gasteiger partial charge in [0, 0.05) is 24.4 Å². The number of pyridine rings is 1. The minimum absolute atomic E-state index is 0.104. The van der Waals surface area contributed by atoms with Gasteiger partial charge in [-0.3, -0.25) is 0 Å². The fourth-order valence-corrected chi connectivity index (χ4v) is 5.41. The molecule has 0 atom stereocenters. The summed E-state index contributed by atoms with van der Waals surface area (Å²) in [6, 6.07) is 10.5. The van der Waals surface area contributed by atoms with Crippen LogP contribution < -0.4 is 9.16 Å². The van der Waals surface area contributed by atoms with E-state index in [2.05, 4.69) is 58.1 Å². The van der Waals surface area contributed by atoms with Gasteiger partial charge >= 0.3 is 0 Å². The molecule has 0 unspecified atom stereocenters. The molecule has 0 bridgehead atoms. The number of methoxy groups -OCH3 is 1. The minimum Gasteiger partial charge on any atom is -0.543 e. The van der Waals surface area contributed by atoms with E-state index in [1.807, 2.05) is 12.1 Å². The maximum absolute atomic E-state index is 6.80. The first-order valence-corrected chi connectivity index (χ1v) is 15.7. The van der Waals surface area contributed by atoms with Crippen LogP contribution in [0.4, 0.5) is 0 Å². The first kappa shape index (κ1) is 25.3. The average Bonchev–Trinajstić information content (AvgIpc) is 3.64. The highest BCUT2D eigenvalue weighted by molar-refractivity contribution is 6.74. The Bertz CT molecular complexity index is 1050. The average molecular weight is 500 g/mol. The third kappa shape index (κ3) is 5.69. The molecule has 1 aliphatic heterocycles. The molecule has 4 rings (SSSR count). The molecule has 0 spiro atoms. The smallest absolute Gasteiger partial charge is 0.250 e. The van der Waals surface area contributed by atoms with E-state index in [-0.39, 0.29) is 5.04 Å². The van der Waals surface area contributed by atoms with Crippen molar-refractivity contribution in [3.63, 3.8) is 0 Å². The minimum atomic E-state index is -1.99. The van der Waals surface area contributed by atoms with Crippen LogP contribution in [0.25, 0.3) is 5.57 Å². The fraction of sp³-hybridized carbons (Fsp3) is 0.536. The van der Waals surface area contributed by atoms with Crippen molar-refractivity contribution in [3.8, 4) is 11.6 Å². The summed E-state index contributed by atoms with van der Waals surface area (Å²) in [6.07, 6.45) is 6.81. The van der Waals surface area contributed by atoms with E-state index >= 15 is 0 Å². The first-order valence-electron chi connectivity index (χ1n) is 12.4. The molecule has 1 aromatic carbocycles. The molecule has 0 N–H and O–H groups in total. The van der Waals surface area contributed by atoms with Gasteiger partial charge in [-0.1, -0.05) is 50.6 Å². The zero-order valence-corrected chi connectivity index (χ0v) is 23.2. The number of nitrogens with zero attached hydrogens (tertiary/aromatic N) is 1. The van der Waals surface area contributed by atoms with Gasteiger partial charge in [0.25, 0.3) is 8.32 Å². The molecule has 184 valence electrons. The van der Waals surface area contributed by atoms with E-state index in [0.29, 0.717) is 16.9 Å². The molecule has 1 saturated heterocycles. The maximum atomic E-state index is 6.80. The SMILES string of the molecule is COc1nc(/C(=C\C2CCOCC2)c2ccc(O[Si](C)(C)C(C)(C)C)c(Cl)c2)ccc1C1CC1. The Kier molecular flexibility index (Phi) is 7.46. The van der Waals surface area contributed by atoms with Crippen molar-refractivity contribution in [1.29, 1.82) is 0 Å². The van der Waals surface area contributed by atoms with Crippen molar-refractivity contribution >= 4 is 25.5 Å². The van der Waals surface area contributed by atoms with Crippen LogP contribution in [0.3, 0.4) is 0 Å². The predicted molar refractivity (Wildman–Crippen MR) is 143 cm³/mol. The monoisotopic (exact) mass is 499 g/mol. The number of ether oxygens (including phenoxy) is 2. The molecule has 2 aromatic rings. The van der Waals surface area contributed by atoms with Gasteiger partial charge in [0.05, 0.1) is 17.8 Å². The van der Waals surface area contributed by atoms with Crippen LogP contribution in [0.1, 0.15) is 69.2 Å². The Morgan fingerprint density at radius 1 is 1.09 bits per heavy atom. The highest BCUT2D eigenvalue weighted by Gasteiger charge is 2.39. The Morgan fingerprint density at radius 2 is 1.79 bits per heavy atom. The lowest BCUT2D eigenvalue weighted by atomic mass is 9.92. The van der Waals surface area contributed by atoms with Gasteiger partial charge in [0.15, 0.2) is 0 Å². The van der Waals surface area contributed by atoms with E-state index in [9.17, 15) is 0 Å². The third-order valence-electron chi connectivity index (χ3n) is 7.46. The summed E-state index contributed by atoms with van der Waals surface area (Å²) in [5, 5.41) is 0.745. The fourth-order valence-electron chi connectivity index (χ4n) is 4.10. The number of hydrogen-bond donors (Lipinski definition) is 0. The normalized spacial score (nSPS) is 18.1. The summed E-state index contributed by atoms with van der Waals surface area (Å²) in [5.41, 5.74) is 4.27. The van der Waals surface area contributed by atoms with Crippen molar-refractivity contribution in [1.82, 2.24) is 4.98 Å². The molecule has 1 aliphatic carbocycles. The summed E-state index contributed by atoms with van der Waals surface area (Å²) < 4.78 is 17.8. The van der Waals surface area contributed by atoms with Crippen LogP contribution in [0.5, 0.6) is 11.6 Å². The van der Waals surface area contributed by atoms with E-state index in [1.54, 1.807) is 7.11 Å². The number of allylic oxidation sites excluding steroid dienone is 1. The van der Waals surface area contributed by atoms with Crippen LogP contribution in [0, 0.1) is 5.92 Å². The van der Waals surface area contributed by atoms with Crippen molar-refractivity contribution in [2.75, 3.05) is 20.3 Å². The van der Waals surface area contributed by atoms with Gasteiger partial charge in [-0.15, -0.1) is 0 Å². The molecular weight excluding hydrogens is 462 g/mol. The second-order valence-electron chi connectivity index (χ2n) is 11.1. The third-order valence-corrected chi connectivity index (χ3v) is 12.1. The first-order chi connectivity index (χ1) is 16.1. The number of halogens is 1. The molecule has 2 aliphatic rings. The topological polar surface area (TPSA) is 40.6 Å². The lowest BCUT2D eigenvalue weighted by Gasteiger charge is -2.36. The molecule has 1 saturated carbocycles. The summed E-state index contributed by atoms with van der Waals surface area (Å²) in [5.74, 6) is 2.53. The molecule has 6 heteroatoms. The number of aromatic nitrogens is 1. The Labute approximate surface area is 210 Å².